The van der Waals surface area contributed by atoms with E-state index in [4.69, 9.17) is 9.15 Å². The molecule has 10 nitrogen and oxygen atoms in total. The summed E-state index contributed by atoms with van der Waals surface area (Å²) in [5.41, 5.74) is -0.813. The largest absolute Gasteiger partial charge is 0.508 e. The molecule has 1 aliphatic rings. The Hall–Kier alpha value is -3.15. The monoisotopic (exact) mass is 432 g/mol. The first-order chi connectivity index (χ1) is 14.7. The van der Waals surface area contributed by atoms with Gasteiger partial charge < -0.3 is 44.9 Å². The smallest absolute Gasteiger partial charge is 0.197 e. The van der Waals surface area contributed by atoms with Crippen LogP contribution in [0.2, 0.25) is 0 Å². The van der Waals surface area contributed by atoms with Crippen LogP contribution in [0.3, 0.4) is 0 Å². The number of hydrogen-bond acceptors (Lipinski definition) is 10. The molecule has 5 atom stereocenters. The van der Waals surface area contributed by atoms with Crippen molar-refractivity contribution in [1.29, 1.82) is 0 Å². The standard InChI is InChI=1S/C21H20O10/c22-7-14-17(27)18(28)19(29)21(31-14)16-11(25)5-10(24)15-12(26)6-13(30-20(15)16)8-1-3-9(23)4-2-8/h1-6,14,17-19,21-25,27-29H,7H2/t14-,17-,18-,19+,21-/m1/s1. The van der Waals surface area contributed by atoms with Gasteiger partial charge in [0.2, 0.25) is 0 Å². The third kappa shape index (κ3) is 3.50. The molecule has 7 N–H and O–H groups in total. The highest BCUT2D eigenvalue weighted by Gasteiger charge is 2.46. The molecule has 0 amide bonds. The zero-order chi connectivity index (χ0) is 22.4. The minimum Gasteiger partial charge on any atom is -0.508 e. The van der Waals surface area contributed by atoms with Crippen molar-refractivity contribution in [2.75, 3.05) is 6.61 Å². The second-order valence-electron chi connectivity index (χ2n) is 7.30. The summed E-state index contributed by atoms with van der Waals surface area (Å²) >= 11 is 0. The SMILES string of the molecule is O=c1cc(-c2ccc(O)cc2)oc2c([C@H]3O[C@H](CO)[C@@H](O)[C@@H](O)[C@@H]3O)c(O)cc(O)c12. The average Bonchev–Trinajstić information content (AvgIpc) is 2.73. The summed E-state index contributed by atoms with van der Waals surface area (Å²) in [4.78, 5) is 12.7. The molecule has 0 bridgehead atoms. The van der Waals surface area contributed by atoms with Gasteiger partial charge in [-0.3, -0.25) is 4.79 Å². The molecule has 3 aromatic rings. The van der Waals surface area contributed by atoms with Gasteiger partial charge in [0.15, 0.2) is 11.0 Å². The molecule has 2 heterocycles. The molecule has 4 rings (SSSR count). The van der Waals surface area contributed by atoms with Gasteiger partial charge in [0.1, 0.15) is 58.9 Å². The lowest BCUT2D eigenvalue weighted by Gasteiger charge is -2.40. The molecule has 0 spiro atoms. The van der Waals surface area contributed by atoms with Crippen LogP contribution in [0.5, 0.6) is 17.2 Å². The predicted molar refractivity (Wildman–Crippen MR) is 106 cm³/mol. The van der Waals surface area contributed by atoms with Crippen LogP contribution in [0.25, 0.3) is 22.3 Å². The number of aliphatic hydroxyl groups excluding tert-OH is 4. The van der Waals surface area contributed by atoms with Crippen molar-refractivity contribution >= 4 is 11.0 Å². The van der Waals surface area contributed by atoms with Crippen LogP contribution in [-0.4, -0.2) is 66.8 Å². The molecule has 0 unspecified atom stereocenters. The fourth-order valence-electron chi connectivity index (χ4n) is 3.70. The summed E-state index contributed by atoms with van der Waals surface area (Å²) in [7, 11) is 0. The normalized spacial score (nSPS) is 26.3. The number of aromatic hydroxyl groups is 3. The van der Waals surface area contributed by atoms with E-state index in [1.807, 2.05) is 0 Å². The Morgan fingerprint density at radius 1 is 0.871 bits per heavy atom. The molecule has 31 heavy (non-hydrogen) atoms. The Morgan fingerprint density at radius 2 is 1.55 bits per heavy atom. The Balaban J connectivity index is 1.96. The quantitative estimate of drug-likeness (QED) is 0.300. The van der Waals surface area contributed by atoms with Crippen molar-refractivity contribution in [2.24, 2.45) is 0 Å². The molecule has 164 valence electrons. The van der Waals surface area contributed by atoms with Crippen LogP contribution in [0.15, 0.2) is 45.6 Å². The molecule has 1 aromatic heterocycles. The van der Waals surface area contributed by atoms with Gasteiger partial charge in [-0.05, 0) is 24.3 Å². The van der Waals surface area contributed by atoms with Gasteiger partial charge in [0, 0.05) is 17.7 Å². The first-order valence-corrected chi connectivity index (χ1v) is 9.35. The van der Waals surface area contributed by atoms with Crippen LogP contribution < -0.4 is 5.43 Å². The minimum atomic E-state index is -1.75. The van der Waals surface area contributed by atoms with Gasteiger partial charge in [0.25, 0.3) is 0 Å². The highest BCUT2D eigenvalue weighted by atomic mass is 16.5. The topological polar surface area (TPSA) is 181 Å². The maximum atomic E-state index is 12.7. The zero-order valence-corrected chi connectivity index (χ0v) is 15.9. The van der Waals surface area contributed by atoms with Crippen molar-refractivity contribution in [3.05, 3.63) is 52.2 Å². The zero-order valence-electron chi connectivity index (χ0n) is 15.9. The number of benzene rings is 2. The van der Waals surface area contributed by atoms with Crippen molar-refractivity contribution in [2.45, 2.75) is 30.5 Å². The maximum absolute atomic E-state index is 12.7. The van der Waals surface area contributed by atoms with Gasteiger partial charge in [-0.2, -0.15) is 0 Å². The summed E-state index contributed by atoms with van der Waals surface area (Å²) in [5, 5.41) is 70.0. The number of ether oxygens (including phenoxy) is 1. The van der Waals surface area contributed by atoms with E-state index in [0.717, 1.165) is 12.1 Å². The second-order valence-corrected chi connectivity index (χ2v) is 7.30. The summed E-state index contributed by atoms with van der Waals surface area (Å²) in [6.45, 7) is -0.694. The average molecular weight is 432 g/mol. The van der Waals surface area contributed by atoms with Crippen molar-refractivity contribution in [1.82, 2.24) is 0 Å². The number of hydrogen-bond donors (Lipinski definition) is 7. The summed E-state index contributed by atoms with van der Waals surface area (Å²) in [6, 6.07) is 7.69. The Morgan fingerprint density at radius 3 is 2.19 bits per heavy atom. The molecule has 2 aromatic carbocycles. The summed E-state index contributed by atoms with van der Waals surface area (Å²) in [6.07, 6.45) is -7.87. The van der Waals surface area contributed by atoms with E-state index in [9.17, 15) is 40.5 Å². The molecule has 1 aliphatic heterocycles. The minimum absolute atomic E-state index is 0.0100. The van der Waals surface area contributed by atoms with Crippen molar-refractivity contribution < 1.29 is 44.9 Å². The Labute approximate surface area is 174 Å². The number of aliphatic hydroxyl groups is 4. The fourth-order valence-corrected chi connectivity index (χ4v) is 3.70. The molecule has 0 saturated carbocycles. The fraction of sp³-hybridized carbons (Fsp3) is 0.286. The predicted octanol–water partition coefficient (Wildman–Crippen LogP) is 0.0917. The van der Waals surface area contributed by atoms with Crippen LogP contribution in [0.4, 0.5) is 0 Å². The second kappa shape index (κ2) is 7.84. The molecule has 1 saturated heterocycles. The first kappa shape index (κ1) is 21.1. The van der Waals surface area contributed by atoms with Crippen LogP contribution >= 0.6 is 0 Å². The van der Waals surface area contributed by atoms with E-state index in [-0.39, 0.29) is 28.0 Å². The number of rotatable bonds is 3. The molecular formula is C21H20O10. The lowest BCUT2D eigenvalue weighted by atomic mass is 9.89. The third-order valence-electron chi connectivity index (χ3n) is 5.33. The van der Waals surface area contributed by atoms with E-state index >= 15 is 0 Å². The van der Waals surface area contributed by atoms with Gasteiger partial charge >= 0.3 is 0 Å². The van der Waals surface area contributed by atoms with E-state index in [2.05, 4.69) is 0 Å². The van der Waals surface area contributed by atoms with E-state index in [1.54, 1.807) is 0 Å². The Bertz CT molecular complexity index is 1170. The molecule has 10 heteroatoms. The first-order valence-electron chi connectivity index (χ1n) is 9.35. The molecule has 0 aliphatic carbocycles. The van der Waals surface area contributed by atoms with Crippen LogP contribution in [0.1, 0.15) is 11.7 Å². The number of fused-ring (bicyclic) bond motifs is 1. The number of phenols is 3. The molecular weight excluding hydrogens is 412 g/mol. The van der Waals surface area contributed by atoms with Gasteiger partial charge in [-0.25, -0.2) is 0 Å². The van der Waals surface area contributed by atoms with E-state index in [0.29, 0.717) is 5.56 Å². The lowest BCUT2D eigenvalue weighted by molar-refractivity contribution is -0.231. The Kier molecular flexibility index (Phi) is 5.33. The van der Waals surface area contributed by atoms with Crippen molar-refractivity contribution in [3.63, 3.8) is 0 Å². The van der Waals surface area contributed by atoms with Gasteiger partial charge in [-0.1, -0.05) is 0 Å². The van der Waals surface area contributed by atoms with Gasteiger partial charge in [0.05, 0.1) is 12.2 Å². The van der Waals surface area contributed by atoms with E-state index in [1.165, 1.54) is 24.3 Å². The summed E-state index contributed by atoms with van der Waals surface area (Å²) < 4.78 is 11.3. The highest BCUT2D eigenvalue weighted by molar-refractivity contribution is 5.89. The lowest BCUT2D eigenvalue weighted by Crippen LogP contribution is -2.55. The van der Waals surface area contributed by atoms with E-state index < -0.39 is 54.1 Å². The highest BCUT2D eigenvalue weighted by Crippen LogP contribution is 2.43. The number of phenolic OH excluding ortho intramolecular Hbond substituents is 3. The third-order valence-corrected chi connectivity index (χ3v) is 5.33. The molecule has 0 radical (unpaired) electrons. The van der Waals surface area contributed by atoms with Gasteiger partial charge in [-0.15, -0.1) is 0 Å². The summed E-state index contributed by atoms with van der Waals surface area (Å²) in [5.74, 6) is -1.15. The van der Waals surface area contributed by atoms with Crippen LogP contribution in [0, 0.1) is 0 Å². The van der Waals surface area contributed by atoms with Crippen molar-refractivity contribution in [3.8, 4) is 28.6 Å². The molecule has 1 fully saturated rings. The van der Waals surface area contributed by atoms with Crippen LogP contribution in [-0.2, 0) is 4.74 Å². The maximum Gasteiger partial charge on any atom is 0.197 e.